The number of hydrogen-bond acceptors (Lipinski definition) is 3. The van der Waals surface area contributed by atoms with Gasteiger partial charge >= 0.3 is 0 Å². The predicted octanol–water partition coefficient (Wildman–Crippen LogP) is 4.04. The van der Waals surface area contributed by atoms with Crippen molar-refractivity contribution in [3.63, 3.8) is 0 Å². The van der Waals surface area contributed by atoms with Crippen LogP contribution in [0.5, 0.6) is 0 Å². The van der Waals surface area contributed by atoms with Gasteiger partial charge in [0.15, 0.2) is 0 Å². The Kier molecular flexibility index (Phi) is 3.92. The summed E-state index contributed by atoms with van der Waals surface area (Å²) in [5, 5.41) is 3.48. The highest BCUT2D eigenvalue weighted by Crippen LogP contribution is 2.23. The smallest absolute Gasteiger partial charge is 0.0494 e. The Morgan fingerprint density at radius 2 is 1.89 bits per heavy atom. The zero-order chi connectivity index (χ0) is 13.1. The second-order valence-corrected chi connectivity index (χ2v) is 6.13. The van der Waals surface area contributed by atoms with E-state index in [0.717, 1.165) is 6.54 Å². The molecule has 96 valence electrons. The molecule has 0 fully saturated rings. The van der Waals surface area contributed by atoms with Gasteiger partial charge in [-0.15, -0.1) is 11.3 Å². The first kappa shape index (κ1) is 13.0. The molecule has 3 heteroatoms. The molecule has 0 saturated heterocycles. The van der Waals surface area contributed by atoms with Crippen molar-refractivity contribution in [1.29, 1.82) is 0 Å². The van der Waals surface area contributed by atoms with Crippen LogP contribution in [-0.2, 0) is 6.54 Å². The highest BCUT2D eigenvalue weighted by Gasteiger charge is 2.03. The summed E-state index contributed by atoms with van der Waals surface area (Å²) >= 11 is 1.85. The average Bonchev–Trinajstić information content (AvgIpc) is 2.74. The Morgan fingerprint density at radius 1 is 1.11 bits per heavy atom. The van der Waals surface area contributed by atoms with Crippen molar-refractivity contribution < 1.29 is 0 Å². The molecule has 0 radical (unpaired) electrons. The van der Waals surface area contributed by atoms with Gasteiger partial charge in [-0.25, -0.2) is 0 Å². The molecule has 1 aromatic carbocycles. The number of anilines is 2. The minimum atomic E-state index is 0.897. The molecule has 18 heavy (non-hydrogen) atoms. The molecule has 1 N–H and O–H groups in total. The summed E-state index contributed by atoms with van der Waals surface area (Å²) in [5.74, 6) is 0. The van der Waals surface area contributed by atoms with Crippen LogP contribution in [0.2, 0.25) is 0 Å². The third kappa shape index (κ3) is 3.05. The second-order valence-electron chi connectivity index (χ2n) is 4.76. The van der Waals surface area contributed by atoms with E-state index in [1.54, 1.807) is 0 Å². The molecule has 0 saturated carbocycles. The summed E-state index contributed by atoms with van der Waals surface area (Å²) in [6.45, 7) is 5.18. The van der Waals surface area contributed by atoms with Crippen LogP contribution in [0.1, 0.15) is 15.3 Å². The summed E-state index contributed by atoms with van der Waals surface area (Å²) in [5.41, 5.74) is 3.75. The van der Waals surface area contributed by atoms with Crippen LogP contribution in [0.25, 0.3) is 0 Å². The normalized spacial score (nSPS) is 10.4. The van der Waals surface area contributed by atoms with Gasteiger partial charge in [0.2, 0.25) is 0 Å². The van der Waals surface area contributed by atoms with Gasteiger partial charge in [-0.2, -0.15) is 0 Å². The Morgan fingerprint density at radius 3 is 2.50 bits per heavy atom. The third-order valence-electron chi connectivity index (χ3n) is 2.95. The maximum atomic E-state index is 3.48. The minimum absolute atomic E-state index is 0.897. The molecule has 0 amide bonds. The Bertz CT molecular complexity index is 529. The van der Waals surface area contributed by atoms with Crippen LogP contribution < -0.4 is 10.2 Å². The molecular weight excluding hydrogens is 240 g/mol. The molecule has 1 aromatic heterocycles. The zero-order valence-corrected chi connectivity index (χ0v) is 12.3. The first-order valence-corrected chi connectivity index (χ1v) is 6.95. The Labute approximate surface area is 113 Å². The van der Waals surface area contributed by atoms with Gasteiger partial charge in [-0.05, 0) is 43.7 Å². The van der Waals surface area contributed by atoms with Crippen molar-refractivity contribution in [1.82, 2.24) is 0 Å². The summed E-state index contributed by atoms with van der Waals surface area (Å²) in [7, 11) is 4.16. The molecule has 1 heterocycles. The monoisotopic (exact) mass is 260 g/mol. The van der Waals surface area contributed by atoms with E-state index in [1.807, 2.05) is 11.3 Å². The molecule has 0 aliphatic heterocycles. The van der Waals surface area contributed by atoms with Crippen LogP contribution >= 0.6 is 11.3 Å². The summed E-state index contributed by atoms with van der Waals surface area (Å²) < 4.78 is 0. The van der Waals surface area contributed by atoms with Crippen LogP contribution in [0.15, 0.2) is 30.3 Å². The van der Waals surface area contributed by atoms with Crippen molar-refractivity contribution in [3.8, 4) is 0 Å². The summed E-state index contributed by atoms with van der Waals surface area (Å²) in [6, 6.07) is 10.9. The predicted molar refractivity (Wildman–Crippen MR) is 81.9 cm³/mol. The molecule has 0 unspecified atom stereocenters. The highest BCUT2D eigenvalue weighted by atomic mass is 32.1. The summed E-state index contributed by atoms with van der Waals surface area (Å²) in [6.07, 6.45) is 0. The molecule has 0 spiro atoms. The van der Waals surface area contributed by atoms with Crippen LogP contribution in [-0.4, -0.2) is 14.1 Å². The van der Waals surface area contributed by atoms with E-state index in [-0.39, 0.29) is 0 Å². The van der Waals surface area contributed by atoms with E-state index in [2.05, 4.69) is 68.5 Å². The highest BCUT2D eigenvalue weighted by molar-refractivity contribution is 7.11. The van der Waals surface area contributed by atoms with Crippen LogP contribution in [0.4, 0.5) is 11.4 Å². The van der Waals surface area contributed by atoms with E-state index < -0.39 is 0 Å². The quantitative estimate of drug-likeness (QED) is 0.892. The molecule has 0 aliphatic carbocycles. The standard InChI is InChI=1S/C15H20N2S/c1-11-5-7-13(9-15(11)17(3)4)16-10-14-8-6-12(2)18-14/h5-9,16H,10H2,1-4H3. The van der Waals surface area contributed by atoms with Crippen molar-refractivity contribution in [3.05, 3.63) is 45.6 Å². The van der Waals surface area contributed by atoms with Gasteiger partial charge in [0.05, 0.1) is 0 Å². The van der Waals surface area contributed by atoms with E-state index >= 15 is 0 Å². The number of nitrogens with zero attached hydrogens (tertiary/aromatic N) is 1. The molecule has 0 atom stereocenters. The van der Waals surface area contributed by atoms with Crippen molar-refractivity contribution in [2.45, 2.75) is 20.4 Å². The first-order valence-electron chi connectivity index (χ1n) is 6.13. The number of nitrogens with one attached hydrogen (secondary N) is 1. The molecule has 0 aliphatic rings. The number of benzene rings is 1. The van der Waals surface area contributed by atoms with Gasteiger partial charge in [0.1, 0.15) is 0 Å². The van der Waals surface area contributed by atoms with Crippen molar-refractivity contribution >= 4 is 22.7 Å². The van der Waals surface area contributed by atoms with Crippen molar-refractivity contribution in [2.75, 3.05) is 24.3 Å². The number of aryl methyl sites for hydroxylation is 2. The van der Waals surface area contributed by atoms with Gasteiger partial charge in [0, 0.05) is 41.8 Å². The zero-order valence-electron chi connectivity index (χ0n) is 11.4. The molecule has 2 aromatic rings. The van der Waals surface area contributed by atoms with Gasteiger partial charge < -0.3 is 10.2 Å². The van der Waals surface area contributed by atoms with Gasteiger partial charge in [-0.3, -0.25) is 0 Å². The fraction of sp³-hybridized carbons (Fsp3) is 0.333. The largest absolute Gasteiger partial charge is 0.380 e. The first-order chi connectivity index (χ1) is 8.56. The van der Waals surface area contributed by atoms with Crippen molar-refractivity contribution in [2.24, 2.45) is 0 Å². The topological polar surface area (TPSA) is 15.3 Å². The fourth-order valence-electron chi connectivity index (χ4n) is 1.97. The van der Waals surface area contributed by atoms with E-state index in [0.29, 0.717) is 0 Å². The Balaban J connectivity index is 2.08. The lowest BCUT2D eigenvalue weighted by Crippen LogP contribution is -2.10. The van der Waals surface area contributed by atoms with E-state index in [9.17, 15) is 0 Å². The maximum absolute atomic E-state index is 3.48. The van der Waals surface area contributed by atoms with Crippen LogP contribution in [0.3, 0.4) is 0 Å². The fourth-order valence-corrected chi connectivity index (χ4v) is 2.80. The average molecular weight is 260 g/mol. The SMILES string of the molecule is Cc1ccc(CNc2ccc(C)c(N(C)C)c2)s1. The van der Waals surface area contributed by atoms with E-state index in [1.165, 1.54) is 26.7 Å². The number of thiophene rings is 1. The molecular formula is C15H20N2S. The Hall–Kier alpha value is -1.48. The number of rotatable bonds is 4. The van der Waals surface area contributed by atoms with Crippen LogP contribution in [0, 0.1) is 13.8 Å². The summed E-state index contributed by atoms with van der Waals surface area (Å²) in [4.78, 5) is 4.89. The van der Waals surface area contributed by atoms with Gasteiger partial charge in [0.25, 0.3) is 0 Å². The lowest BCUT2D eigenvalue weighted by molar-refractivity contribution is 1.11. The molecule has 2 nitrogen and oxygen atoms in total. The molecule has 0 bridgehead atoms. The van der Waals surface area contributed by atoms with Gasteiger partial charge in [-0.1, -0.05) is 6.07 Å². The maximum Gasteiger partial charge on any atom is 0.0494 e. The third-order valence-corrected chi connectivity index (χ3v) is 3.95. The second kappa shape index (κ2) is 5.44. The minimum Gasteiger partial charge on any atom is -0.380 e. The molecule has 2 rings (SSSR count). The lowest BCUT2D eigenvalue weighted by atomic mass is 10.1. The lowest BCUT2D eigenvalue weighted by Gasteiger charge is -2.17. The van der Waals surface area contributed by atoms with E-state index in [4.69, 9.17) is 0 Å². The number of hydrogen-bond donors (Lipinski definition) is 1.